The van der Waals surface area contributed by atoms with E-state index in [4.69, 9.17) is 10.00 Å². The van der Waals surface area contributed by atoms with Crippen LogP contribution in [0.5, 0.6) is 11.5 Å². The van der Waals surface area contributed by atoms with Gasteiger partial charge in [-0.3, -0.25) is 10.1 Å². The molecule has 0 amide bonds. The molecule has 0 aliphatic carbocycles. The van der Waals surface area contributed by atoms with Gasteiger partial charge in [0.2, 0.25) is 5.75 Å². The van der Waals surface area contributed by atoms with Crippen LogP contribution in [0.2, 0.25) is 0 Å². The fourth-order valence-corrected chi connectivity index (χ4v) is 1.39. The van der Waals surface area contributed by atoms with E-state index in [9.17, 15) is 15.2 Å². The zero-order valence-electron chi connectivity index (χ0n) is 10.9. The molecule has 1 rings (SSSR count). The number of hydrogen-bond acceptors (Lipinski definition) is 7. The van der Waals surface area contributed by atoms with Crippen LogP contribution in [-0.4, -0.2) is 29.4 Å². The van der Waals surface area contributed by atoms with Gasteiger partial charge in [0.05, 0.1) is 30.2 Å². The fraction of sp³-hybridized carbons (Fsp3) is 0.333. The molecule has 0 fully saturated rings. The van der Waals surface area contributed by atoms with Gasteiger partial charge in [-0.2, -0.15) is 10.4 Å². The molecule has 0 radical (unpaired) electrons. The van der Waals surface area contributed by atoms with Crippen molar-refractivity contribution in [3.8, 4) is 17.6 Å². The number of nitrogens with zero attached hydrogens (tertiary/aromatic N) is 3. The normalized spacial score (nSPS) is 10.2. The van der Waals surface area contributed by atoms with E-state index >= 15 is 0 Å². The molecule has 0 aliphatic heterocycles. The maximum atomic E-state index is 10.8. The lowest BCUT2D eigenvalue weighted by Crippen LogP contribution is -2.07. The Hall–Kier alpha value is -2.82. The minimum Gasteiger partial charge on any atom is -0.500 e. The summed E-state index contributed by atoms with van der Waals surface area (Å²) >= 11 is 0. The lowest BCUT2D eigenvalue weighted by atomic mass is 10.2. The molecule has 0 spiro atoms. The van der Waals surface area contributed by atoms with Crippen molar-refractivity contribution in [1.82, 2.24) is 5.43 Å². The number of benzene rings is 1. The molecule has 106 valence electrons. The zero-order valence-corrected chi connectivity index (χ0v) is 10.9. The topological polar surface area (TPSA) is 121 Å². The van der Waals surface area contributed by atoms with Gasteiger partial charge in [-0.25, -0.2) is 0 Å². The van der Waals surface area contributed by atoms with E-state index in [1.807, 2.05) is 6.07 Å². The molecule has 0 heterocycles. The maximum absolute atomic E-state index is 10.8. The van der Waals surface area contributed by atoms with Gasteiger partial charge in [0.25, 0.3) is 0 Å². The van der Waals surface area contributed by atoms with Gasteiger partial charge in [-0.05, 0) is 13.0 Å². The van der Waals surface area contributed by atoms with Gasteiger partial charge >= 0.3 is 5.69 Å². The van der Waals surface area contributed by atoms with E-state index in [1.165, 1.54) is 18.3 Å². The van der Waals surface area contributed by atoms with E-state index in [2.05, 4.69) is 10.5 Å². The molecule has 1 aromatic rings. The van der Waals surface area contributed by atoms with Crippen molar-refractivity contribution in [1.29, 1.82) is 5.26 Å². The van der Waals surface area contributed by atoms with Crippen LogP contribution in [0.25, 0.3) is 0 Å². The number of ether oxygens (including phenoxy) is 1. The van der Waals surface area contributed by atoms with Gasteiger partial charge in [0, 0.05) is 18.2 Å². The van der Waals surface area contributed by atoms with Crippen molar-refractivity contribution in [3.63, 3.8) is 0 Å². The van der Waals surface area contributed by atoms with Gasteiger partial charge in [-0.1, -0.05) is 0 Å². The Morgan fingerprint density at radius 3 is 3.00 bits per heavy atom. The molecule has 0 saturated carbocycles. The average molecular weight is 278 g/mol. The van der Waals surface area contributed by atoms with E-state index in [0.29, 0.717) is 18.5 Å². The standard InChI is InChI=1S/C12H14N4O4/c1-2-20-11-7-9(8-15-14-5-3-4-13)6-10(12(11)17)16(18)19/h6-8,14,17H,2-3,5H2,1H3. The highest BCUT2D eigenvalue weighted by Gasteiger charge is 2.19. The summed E-state index contributed by atoms with van der Waals surface area (Å²) in [5.41, 5.74) is 2.58. The van der Waals surface area contributed by atoms with Crippen molar-refractivity contribution in [2.75, 3.05) is 13.2 Å². The number of rotatable bonds is 7. The van der Waals surface area contributed by atoms with Crippen LogP contribution in [0, 0.1) is 21.4 Å². The van der Waals surface area contributed by atoms with Crippen molar-refractivity contribution >= 4 is 11.9 Å². The molecule has 1 aromatic carbocycles. The highest BCUT2D eigenvalue weighted by atomic mass is 16.6. The van der Waals surface area contributed by atoms with Gasteiger partial charge in [0.1, 0.15) is 0 Å². The summed E-state index contributed by atoms with van der Waals surface area (Å²) < 4.78 is 5.13. The van der Waals surface area contributed by atoms with E-state index in [0.717, 1.165) is 0 Å². The van der Waals surface area contributed by atoms with Crippen molar-refractivity contribution in [2.45, 2.75) is 13.3 Å². The Morgan fingerprint density at radius 1 is 1.65 bits per heavy atom. The third-order valence-corrected chi connectivity index (χ3v) is 2.23. The summed E-state index contributed by atoms with van der Waals surface area (Å²) in [6.45, 7) is 2.35. The van der Waals surface area contributed by atoms with E-state index in [-0.39, 0.29) is 12.4 Å². The number of nitro benzene ring substituents is 1. The summed E-state index contributed by atoms with van der Waals surface area (Å²) in [5, 5.41) is 32.7. The third kappa shape index (κ3) is 4.13. The lowest BCUT2D eigenvalue weighted by molar-refractivity contribution is -0.386. The maximum Gasteiger partial charge on any atom is 0.315 e. The highest BCUT2D eigenvalue weighted by Crippen LogP contribution is 2.36. The Balaban J connectivity index is 2.96. The number of nitrogens with one attached hydrogen (secondary N) is 1. The Kier molecular flexibility index (Phi) is 5.77. The summed E-state index contributed by atoms with van der Waals surface area (Å²) in [4.78, 5) is 10.1. The summed E-state index contributed by atoms with van der Waals surface area (Å²) in [7, 11) is 0. The summed E-state index contributed by atoms with van der Waals surface area (Å²) in [6.07, 6.45) is 1.66. The number of phenolic OH excluding ortho intramolecular Hbond substituents is 1. The van der Waals surface area contributed by atoms with E-state index < -0.39 is 16.4 Å². The van der Waals surface area contributed by atoms with Gasteiger partial charge < -0.3 is 15.3 Å². The number of phenols is 1. The first-order chi connectivity index (χ1) is 9.60. The SMILES string of the molecule is CCOc1cc(C=NNCCC#N)cc([N+](=O)[O-])c1O. The smallest absolute Gasteiger partial charge is 0.315 e. The second kappa shape index (κ2) is 7.58. The number of hydrazone groups is 1. The molecule has 0 aliphatic rings. The Bertz CT molecular complexity index is 551. The molecular formula is C12H14N4O4. The molecule has 0 unspecified atom stereocenters. The zero-order chi connectivity index (χ0) is 15.0. The van der Waals surface area contributed by atoms with Crippen LogP contribution >= 0.6 is 0 Å². The first kappa shape index (κ1) is 15.2. The third-order valence-electron chi connectivity index (χ3n) is 2.23. The first-order valence-corrected chi connectivity index (χ1v) is 5.87. The molecule has 0 atom stereocenters. The lowest BCUT2D eigenvalue weighted by Gasteiger charge is -2.07. The molecule has 0 saturated heterocycles. The average Bonchev–Trinajstić information content (AvgIpc) is 2.41. The number of nitro groups is 1. The first-order valence-electron chi connectivity index (χ1n) is 5.87. The second-order valence-corrected chi connectivity index (χ2v) is 3.65. The van der Waals surface area contributed by atoms with Crippen LogP contribution in [0.3, 0.4) is 0 Å². The van der Waals surface area contributed by atoms with Crippen LogP contribution < -0.4 is 10.2 Å². The van der Waals surface area contributed by atoms with Crippen molar-refractivity contribution in [2.24, 2.45) is 5.10 Å². The van der Waals surface area contributed by atoms with E-state index in [1.54, 1.807) is 6.92 Å². The molecule has 8 nitrogen and oxygen atoms in total. The quantitative estimate of drug-likeness (QED) is 0.337. The van der Waals surface area contributed by atoms with Crippen molar-refractivity contribution in [3.05, 3.63) is 27.8 Å². The molecule has 2 N–H and O–H groups in total. The Labute approximate surface area is 115 Å². The highest BCUT2D eigenvalue weighted by molar-refractivity contribution is 5.83. The van der Waals surface area contributed by atoms with Crippen LogP contribution in [0.4, 0.5) is 5.69 Å². The van der Waals surface area contributed by atoms with Gasteiger partial charge in [0.15, 0.2) is 5.75 Å². The molecule has 20 heavy (non-hydrogen) atoms. The number of aromatic hydroxyl groups is 1. The van der Waals surface area contributed by atoms with Crippen LogP contribution in [0.15, 0.2) is 17.2 Å². The van der Waals surface area contributed by atoms with Crippen LogP contribution in [-0.2, 0) is 0 Å². The number of nitriles is 1. The fourth-order valence-electron chi connectivity index (χ4n) is 1.39. The minimum atomic E-state index is -0.696. The summed E-state index contributed by atoms with van der Waals surface area (Å²) in [6, 6.07) is 4.58. The summed E-state index contributed by atoms with van der Waals surface area (Å²) in [5.74, 6) is -0.480. The molecule has 0 aromatic heterocycles. The molecule has 8 heteroatoms. The largest absolute Gasteiger partial charge is 0.500 e. The van der Waals surface area contributed by atoms with Crippen LogP contribution in [0.1, 0.15) is 18.9 Å². The predicted octanol–water partition coefficient (Wildman–Crippen LogP) is 1.54. The molecular weight excluding hydrogens is 264 g/mol. The predicted molar refractivity (Wildman–Crippen MR) is 71.8 cm³/mol. The van der Waals surface area contributed by atoms with Crippen molar-refractivity contribution < 1.29 is 14.8 Å². The Morgan fingerprint density at radius 2 is 2.40 bits per heavy atom. The minimum absolute atomic E-state index is 0.0279. The number of hydrogen-bond donors (Lipinski definition) is 2. The monoisotopic (exact) mass is 278 g/mol. The second-order valence-electron chi connectivity index (χ2n) is 3.65. The van der Waals surface area contributed by atoms with Gasteiger partial charge in [-0.15, -0.1) is 0 Å². The molecule has 0 bridgehead atoms.